The van der Waals surface area contributed by atoms with E-state index < -0.39 is 0 Å². The number of hydrogen-bond donors (Lipinski definition) is 4. The molecule has 0 spiro atoms. The van der Waals surface area contributed by atoms with Gasteiger partial charge >= 0.3 is 0 Å². The molecule has 0 aliphatic carbocycles. The molecule has 2 aromatic carbocycles. The van der Waals surface area contributed by atoms with E-state index in [4.69, 9.17) is 26.7 Å². The first kappa shape index (κ1) is 24.3. The lowest BCUT2D eigenvalue weighted by Crippen LogP contribution is -2.39. The summed E-state index contributed by atoms with van der Waals surface area (Å²) in [7, 11) is 0. The van der Waals surface area contributed by atoms with E-state index in [2.05, 4.69) is 60.5 Å². The van der Waals surface area contributed by atoms with Crippen molar-refractivity contribution in [1.29, 1.82) is 10.8 Å². The summed E-state index contributed by atoms with van der Waals surface area (Å²) in [5.41, 5.74) is 20.2. The van der Waals surface area contributed by atoms with Crippen molar-refractivity contribution >= 4 is 23.1 Å². The summed E-state index contributed by atoms with van der Waals surface area (Å²) in [6, 6.07) is 12.3. The molecule has 9 heteroatoms. The normalized spacial score (nSPS) is 15.8. The molecule has 0 atom stereocenters. The second kappa shape index (κ2) is 9.93. The fourth-order valence-electron chi connectivity index (χ4n) is 4.96. The van der Waals surface area contributed by atoms with Crippen LogP contribution in [0.2, 0.25) is 0 Å². The third kappa shape index (κ3) is 4.84. The van der Waals surface area contributed by atoms with Crippen molar-refractivity contribution in [2.45, 2.75) is 26.7 Å². The zero-order chi connectivity index (χ0) is 26.1. The number of benzene rings is 2. The second-order valence-electron chi connectivity index (χ2n) is 9.52. The first-order valence-electron chi connectivity index (χ1n) is 12.4. The van der Waals surface area contributed by atoms with Crippen molar-refractivity contribution in [3.63, 3.8) is 0 Å². The Labute approximate surface area is 216 Å². The Bertz CT molecular complexity index is 1420. The Morgan fingerprint density at radius 3 is 1.81 bits per heavy atom. The summed E-state index contributed by atoms with van der Waals surface area (Å²) >= 11 is 0. The Kier molecular flexibility index (Phi) is 6.52. The highest BCUT2D eigenvalue weighted by Gasteiger charge is 2.19. The van der Waals surface area contributed by atoms with Crippen LogP contribution < -0.4 is 11.5 Å². The number of guanidine groups is 2. The van der Waals surface area contributed by atoms with Crippen LogP contribution >= 0.6 is 0 Å². The third-order valence-corrected chi connectivity index (χ3v) is 7.39. The monoisotopic (exact) mass is 496 g/mol. The molecular weight excluding hydrogens is 464 g/mol. The van der Waals surface area contributed by atoms with Gasteiger partial charge in [0.05, 0.1) is 0 Å². The number of nitrogens with two attached hydrogens (primary N) is 2. The van der Waals surface area contributed by atoms with Crippen LogP contribution in [0.15, 0.2) is 53.0 Å². The maximum atomic E-state index is 7.64. The Morgan fingerprint density at radius 2 is 1.24 bits per heavy atom. The van der Waals surface area contributed by atoms with Gasteiger partial charge < -0.3 is 25.7 Å². The first-order valence-corrected chi connectivity index (χ1v) is 12.4. The highest BCUT2D eigenvalue weighted by atomic mass is 16.4. The summed E-state index contributed by atoms with van der Waals surface area (Å²) in [4.78, 5) is 3.71. The lowest BCUT2D eigenvalue weighted by atomic mass is 9.90. The van der Waals surface area contributed by atoms with E-state index in [9.17, 15) is 0 Å². The maximum absolute atomic E-state index is 7.64. The summed E-state index contributed by atoms with van der Waals surface area (Å²) in [6.07, 6.45) is 5.99. The van der Waals surface area contributed by atoms with E-state index in [-0.39, 0.29) is 11.9 Å². The van der Waals surface area contributed by atoms with Gasteiger partial charge in [0.2, 0.25) is 11.8 Å². The molecule has 0 fully saturated rings. The second-order valence-corrected chi connectivity index (χ2v) is 9.52. The molecule has 0 unspecified atom stereocenters. The van der Waals surface area contributed by atoms with Gasteiger partial charge in [0, 0.05) is 37.3 Å². The van der Waals surface area contributed by atoms with Gasteiger partial charge in [-0.1, -0.05) is 30.4 Å². The van der Waals surface area contributed by atoms with Crippen LogP contribution in [0.25, 0.3) is 34.1 Å². The summed E-state index contributed by atoms with van der Waals surface area (Å²) in [5.74, 6) is 1.23. The fourth-order valence-corrected chi connectivity index (χ4v) is 4.96. The van der Waals surface area contributed by atoms with Gasteiger partial charge in [0.15, 0.2) is 11.9 Å². The lowest BCUT2D eigenvalue weighted by Gasteiger charge is -2.27. The van der Waals surface area contributed by atoms with Crippen LogP contribution in [0.3, 0.4) is 0 Å². The van der Waals surface area contributed by atoms with Crippen molar-refractivity contribution in [3.05, 3.63) is 70.8 Å². The van der Waals surface area contributed by atoms with Crippen molar-refractivity contribution in [1.82, 2.24) is 20.0 Å². The van der Waals surface area contributed by atoms with Crippen LogP contribution in [0.4, 0.5) is 0 Å². The van der Waals surface area contributed by atoms with Gasteiger partial charge in [0.25, 0.3) is 0 Å². The van der Waals surface area contributed by atoms with Crippen molar-refractivity contribution in [3.8, 4) is 22.9 Å². The molecule has 0 saturated heterocycles. The van der Waals surface area contributed by atoms with Gasteiger partial charge in [-0.3, -0.25) is 10.8 Å². The van der Waals surface area contributed by atoms with Crippen LogP contribution in [0.5, 0.6) is 0 Å². The average Bonchev–Trinajstić information content (AvgIpc) is 3.40. The molecule has 3 aromatic rings. The molecular formula is C28H32N8O. The fraction of sp³-hybridized carbons (Fsp3) is 0.286. The highest BCUT2D eigenvalue weighted by molar-refractivity contribution is 5.79. The number of nitrogens with one attached hydrogen (secondary N) is 2. The lowest BCUT2D eigenvalue weighted by molar-refractivity contribution is 0.451. The van der Waals surface area contributed by atoms with Crippen molar-refractivity contribution < 1.29 is 4.42 Å². The van der Waals surface area contributed by atoms with Crippen molar-refractivity contribution in [2.75, 3.05) is 26.2 Å². The SMILES string of the molecule is Cc1c(C2=CCN(C(=N)N)CC2)ccc(-c2nnc(-c3ccc(C4=CCN(C(=N)N)CC4)cc3)o2)c1C. The molecule has 190 valence electrons. The van der Waals surface area contributed by atoms with Crippen LogP contribution in [0.1, 0.15) is 35.1 Å². The number of nitrogens with zero attached hydrogens (tertiary/aromatic N) is 4. The molecule has 2 aliphatic heterocycles. The predicted molar refractivity (Wildman–Crippen MR) is 147 cm³/mol. The zero-order valence-corrected chi connectivity index (χ0v) is 21.2. The summed E-state index contributed by atoms with van der Waals surface area (Å²) < 4.78 is 6.10. The van der Waals surface area contributed by atoms with Gasteiger partial charge in [0.1, 0.15) is 0 Å². The standard InChI is InChI=1S/C28H32N8O/c1-17-18(2)24(8-7-23(17)21-11-15-36(16-12-21)28(31)32)26-34-33-25(37-26)22-5-3-19(4-6-22)20-9-13-35(14-10-20)27(29)30/h3-9,11H,10,12-16H2,1-2H3,(H3,29,30)(H3,31,32). The smallest absolute Gasteiger partial charge is 0.248 e. The van der Waals surface area contributed by atoms with Crippen molar-refractivity contribution in [2.24, 2.45) is 11.5 Å². The summed E-state index contributed by atoms with van der Waals surface area (Å²) in [6.45, 7) is 7.03. The molecule has 37 heavy (non-hydrogen) atoms. The Morgan fingerprint density at radius 1 is 0.730 bits per heavy atom. The topological polar surface area (TPSA) is 145 Å². The first-order chi connectivity index (χ1) is 17.8. The quantitative estimate of drug-likeness (QED) is 0.316. The molecule has 0 bridgehead atoms. The maximum Gasteiger partial charge on any atom is 0.248 e. The van der Waals surface area contributed by atoms with Crippen LogP contribution in [-0.2, 0) is 0 Å². The molecule has 0 amide bonds. The van der Waals surface area contributed by atoms with E-state index in [0.29, 0.717) is 24.9 Å². The Balaban J connectivity index is 1.33. The molecule has 3 heterocycles. The number of aromatic nitrogens is 2. The van der Waals surface area contributed by atoms with E-state index in [1.165, 1.54) is 22.3 Å². The molecule has 5 rings (SSSR count). The predicted octanol–water partition coefficient (Wildman–Crippen LogP) is 3.99. The van der Waals surface area contributed by atoms with Crippen LogP contribution in [-0.4, -0.2) is 58.1 Å². The number of rotatable bonds is 4. The molecule has 6 N–H and O–H groups in total. The van der Waals surface area contributed by atoms with Gasteiger partial charge in [-0.05, 0) is 78.3 Å². The van der Waals surface area contributed by atoms with E-state index >= 15 is 0 Å². The molecule has 0 saturated carbocycles. The molecule has 1 aromatic heterocycles. The minimum absolute atomic E-state index is 0.116. The molecule has 0 radical (unpaired) electrons. The zero-order valence-electron chi connectivity index (χ0n) is 21.2. The molecule has 2 aliphatic rings. The highest BCUT2D eigenvalue weighted by Crippen LogP contribution is 2.33. The van der Waals surface area contributed by atoms with E-state index in [1.54, 1.807) is 0 Å². The number of hydrogen-bond acceptors (Lipinski definition) is 5. The van der Waals surface area contributed by atoms with Crippen LogP contribution in [0, 0.1) is 24.7 Å². The largest absolute Gasteiger partial charge is 0.416 e. The van der Waals surface area contributed by atoms with Gasteiger partial charge in [-0.15, -0.1) is 10.2 Å². The minimum atomic E-state index is 0.116. The van der Waals surface area contributed by atoms with Gasteiger partial charge in [-0.2, -0.15) is 0 Å². The molecule has 9 nitrogen and oxygen atoms in total. The van der Waals surface area contributed by atoms with E-state index in [1.807, 2.05) is 21.9 Å². The Hall–Kier alpha value is -4.40. The minimum Gasteiger partial charge on any atom is -0.416 e. The summed E-state index contributed by atoms with van der Waals surface area (Å²) in [5, 5.41) is 23.9. The van der Waals surface area contributed by atoms with E-state index in [0.717, 1.165) is 48.2 Å². The third-order valence-electron chi connectivity index (χ3n) is 7.39. The van der Waals surface area contributed by atoms with Gasteiger partial charge in [-0.25, -0.2) is 0 Å². The average molecular weight is 497 g/mol.